The molecule has 0 aromatic heterocycles. The van der Waals surface area contributed by atoms with Crippen molar-refractivity contribution in [3.05, 3.63) is 91.5 Å². The maximum absolute atomic E-state index is 14.2. The fourth-order valence-corrected chi connectivity index (χ4v) is 6.17. The average Bonchev–Trinajstić information content (AvgIpc) is 3.11. The van der Waals surface area contributed by atoms with Crippen molar-refractivity contribution < 1.29 is 31.3 Å². The molecule has 3 aromatic rings. The van der Waals surface area contributed by atoms with E-state index in [1.54, 1.807) is 19.1 Å². The fourth-order valence-electron chi connectivity index (χ4n) is 3.51. The summed E-state index contributed by atoms with van der Waals surface area (Å²) in [6, 6.07) is 13.3. The number of amides is 2. The van der Waals surface area contributed by atoms with E-state index in [1.165, 1.54) is 48.5 Å². The smallest absolute Gasteiger partial charge is 0.339 e. The molecule has 0 bridgehead atoms. The van der Waals surface area contributed by atoms with Crippen LogP contribution in [0.1, 0.15) is 23.6 Å². The maximum Gasteiger partial charge on any atom is 0.339 e. The molecule has 0 saturated carbocycles. The van der Waals surface area contributed by atoms with Crippen molar-refractivity contribution in [3.63, 3.8) is 0 Å². The van der Waals surface area contributed by atoms with E-state index in [0.717, 1.165) is 10.5 Å². The first-order valence-corrected chi connectivity index (χ1v) is 14.6. The normalized spacial score (nSPS) is 14.9. The van der Waals surface area contributed by atoms with E-state index in [4.69, 9.17) is 20.5 Å². The van der Waals surface area contributed by atoms with Gasteiger partial charge in [-0.3, -0.25) is 14.5 Å². The SMILES string of the molecule is CCOc1cc(/C=C2\SC(=O)N(Cc3c(F)cccc3Cl)C2=O)cc(Br)c1OS(=O)(=O)c1ccc(C)cc1. The lowest BCUT2D eigenvalue weighted by molar-refractivity contribution is -0.123. The molecule has 38 heavy (non-hydrogen) atoms. The first-order chi connectivity index (χ1) is 18.0. The summed E-state index contributed by atoms with van der Waals surface area (Å²) in [7, 11) is -4.17. The number of aryl methyl sites for hydroxylation is 1. The predicted octanol–water partition coefficient (Wildman–Crippen LogP) is 6.95. The summed E-state index contributed by atoms with van der Waals surface area (Å²) < 4.78 is 51.2. The molecule has 3 aromatic carbocycles. The number of nitrogens with zero attached hydrogens (tertiary/aromatic N) is 1. The molecule has 1 aliphatic rings. The third-order valence-corrected chi connectivity index (χ3v) is 8.47. The van der Waals surface area contributed by atoms with Gasteiger partial charge in [-0.2, -0.15) is 8.42 Å². The van der Waals surface area contributed by atoms with Crippen LogP contribution in [-0.4, -0.2) is 31.1 Å². The molecule has 0 N–H and O–H groups in total. The highest BCUT2D eigenvalue weighted by atomic mass is 79.9. The standard InChI is InChI=1S/C26H20BrClFNO6S2/c1-3-35-22-12-16(11-19(27)24(22)36-38(33,34)17-9-7-15(2)8-10-17)13-23-25(31)30(26(32)37-23)14-18-20(28)5-4-6-21(18)29/h4-13H,3,14H2,1-2H3/b23-13-. The molecule has 0 spiro atoms. The first kappa shape index (κ1) is 28.2. The van der Waals surface area contributed by atoms with Crippen molar-refractivity contribution >= 4 is 66.6 Å². The number of carbonyl (C=O) groups is 2. The molecule has 0 aliphatic carbocycles. The highest BCUT2D eigenvalue weighted by Crippen LogP contribution is 2.41. The summed E-state index contributed by atoms with van der Waals surface area (Å²) in [5.74, 6) is -1.19. The molecule has 1 heterocycles. The number of imide groups is 1. The van der Waals surface area contributed by atoms with Crippen LogP contribution < -0.4 is 8.92 Å². The van der Waals surface area contributed by atoms with Gasteiger partial charge in [0, 0.05) is 10.6 Å². The Labute approximate surface area is 236 Å². The van der Waals surface area contributed by atoms with E-state index in [1.807, 2.05) is 6.92 Å². The monoisotopic (exact) mass is 639 g/mol. The van der Waals surface area contributed by atoms with Crippen molar-refractivity contribution in [1.82, 2.24) is 4.90 Å². The summed E-state index contributed by atoms with van der Waals surface area (Å²) >= 11 is 10.1. The Morgan fingerprint density at radius 2 is 1.84 bits per heavy atom. The van der Waals surface area contributed by atoms with E-state index in [0.29, 0.717) is 17.3 Å². The zero-order valence-corrected chi connectivity index (χ0v) is 24.0. The van der Waals surface area contributed by atoms with Crippen LogP contribution in [0.4, 0.5) is 9.18 Å². The van der Waals surface area contributed by atoms with Gasteiger partial charge in [-0.15, -0.1) is 0 Å². The Balaban J connectivity index is 1.63. The molecule has 12 heteroatoms. The number of rotatable bonds is 8. The van der Waals surface area contributed by atoms with Gasteiger partial charge in [0.1, 0.15) is 10.7 Å². The predicted molar refractivity (Wildman–Crippen MR) is 147 cm³/mol. The lowest BCUT2D eigenvalue weighted by atomic mass is 10.1. The number of thioether (sulfide) groups is 1. The van der Waals surface area contributed by atoms with E-state index < -0.39 is 27.1 Å². The summed E-state index contributed by atoms with van der Waals surface area (Å²) in [6.07, 6.45) is 1.46. The van der Waals surface area contributed by atoms with Crippen LogP contribution >= 0.6 is 39.3 Å². The van der Waals surface area contributed by atoms with Gasteiger partial charge >= 0.3 is 10.1 Å². The molecule has 0 atom stereocenters. The van der Waals surface area contributed by atoms with E-state index in [-0.39, 0.29) is 49.5 Å². The van der Waals surface area contributed by atoms with Crippen molar-refractivity contribution in [2.75, 3.05) is 6.61 Å². The lowest BCUT2D eigenvalue weighted by Crippen LogP contribution is -2.28. The summed E-state index contributed by atoms with van der Waals surface area (Å²) in [5.41, 5.74) is 1.37. The molecule has 4 rings (SSSR count). The van der Waals surface area contributed by atoms with Gasteiger partial charge in [0.25, 0.3) is 11.1 Å². The van der Waals surface area contributed by atoms with Gasteiger partial charge in [0.2, 0.25) is 0 Å². The van der Waals surface area contributed by atoms with Gasteiger partial charge in [-0.1, -0.05) is 35.4 Å². The maximum atomic E-state index is 14.2. The van der Waals surface area contributed by atoms with Crippen molar-refractivity contribution in [1.29, 1.82) is 0 Å². The highest BCUT2D eigenvalue weighted by Gasteiger charge is 2.36. The highest BCUT2D eigenvalue weighted by molar-refractivity contribution is 9.10. The topological polar surface area (TPSA) is 90.0 Å². The van der Waals surface area contributed by atoms with Crippen LogP contribution in [0.3, 0.4) is 0 Å². The van der Waals surface area contributed by atoms with Gasteiger partial charge in [0.15, 0.2) is 11.5 Å². The molecule has 1 fully saturated rings. The van der Waals surface area contributed by atoms with Crippen LogP contribution in [0, 0.1) is 12.7 Å². The number of benzene rings is 3. The Morgan fingerprint density at radius 1 is 1.13 bits per heavy atom. The van der Waals surface area contributed by atoms with Crippen LogP contribution in [0.5, 0.6) is 11.5 Å². The van der Waals surface area contributed by atoms with Gasteiger partial charge in [-0.05, 0) is 89.6 Å². The van der Waals surface area contributed by atoms with Crippen LogP contribution in [0.25, 0.3) is 6.08 Å². The number of ether oxygens (including phenoxy) is 1. The largest absolute Gasteiger partial charge is 0.490 e. The van der Waals surface area contributed by atoms with E-state index >= 15 is 0 Å². The zero-order valence-electron chi connectivity index (χ0n) is 20.0. The van der Waals surface area contributed by atoms with E-state index in [9.17, 15) is 22.4 Å². The number of halogens is 3. The molecule has 198 valence electrons. The van der Waals surface area contributed by atoms with Gasteiger partial charge < -0.3 is 8.92 Å². The minimum Gasteiger partial charge on any atom is -0.490 e. The molecule has 0 radical (unpaired) electrons. The van der Waals surface area contributed by atoms with Gasteiger partial charge in [-0.25, -0.2) is 4.39 Å². The molecule has 0 unspecified atom stereocenters. The Morgan fingerprint density at radius 3 is 2.50 bits per heavy atom. The Kier molecular flexibility index (Phi) is 8.51. The molecular formula is C26H20BrClFNO6S2. The van der Waals surface area contributed by atoms with Crippen molar-refractivity contribution in [2.24, 2.45) is 0 Å². The second-order valence-corrected chi connectivity index (χ2v) is 11.9. The minimum absolute atomic E-state index is 0.0230. The lowest BCUT2D eigenvalue weighted by Gasteiger charge is -2.15. The molecule has 7 nitrogen and oxygen atoms in total. The second-order valence-electron chi connectivity index (χ2n) is 8.08. The Hall–Kier alpha value is -2.86. The van der Waals surface area contributed by atoms with Crippen molar-refractivity contribution in [2.45, 2.75) is 25.3 Å². The number of hydrogen-bond acceptors (Lipinski definition) is 7. The third kappa shape index (κ3) is 6.06. The van der Waals surface area contributed by atoms with Crippen LogP contribution in [0.15, 0.2) is 68.9 Å². The number of hydrogen-bond donors (Lipinski definition) is 0. The van der Waals surface area contributed by atoms with Crippen LogP contribution in [-0.2, 0) is 21.5 Å². The third-order valence-electron chi connectivity index (χ3n) is 5.38. The van der Waals surface area contributed by atoms with Crippen molar-refractivity contribution in [3.8, 4) is 11.5 Å². The van der Waals surface area contributed by atoms with Crippen LogP contribution in [0.2, 0.25) is 5.02 Å². The Bertz CT molecular complexity index is 1540. The average molecular weight is 641 g/mol. The molecule has 2 amide bonds. The molecular weight excluding hydrogens is 621 g/mol. The first-order valence-electron chi connectivity index (χ1n) is 11.2. The van der Waals surface area contributed by atoms with Gasteiger partial charge in [0.05, 0.1) is 22.5 Å². The molecule has 1 saturated heterocycles. The quantitative estimate of drug-likeness (QED) is 0.194. The number of carbonyl (C=O) groups excluding carboxylic acids is 2. The fraction of sp³-hybridized carbons (Fsp3) is 0.154. The van der Waals surface area contributed by atoms with E-state index in [2.05, 4.69) is 15.9 Å². The second kappa shape index (κ2) is 11.5. The summed E-state index contributed by atoms with van der Waals surface area (Å²) in [5, 5.41) is -0.469. The summed E-state index contributed by atoms with van der Waals surface area (Å²) in [6.45, 7) is 3.45. The minimum atomic E-state index is -4.17. The summed E-state index contributed by atoms with van der Waals surface area (Å²) in [4.78, 5) is 26.5. The zero-order chi connectivity index (χ0) is 27.6. The molecule has 1 aliphatic heterocycles.